The lowest BCUT2D eigenvalue weighted by atomic mass is 10.1. The van der Waals surface area contributed by atoms with E-state index in [1.165, 1.54) is 0 Å². The molecule has 0 unspecified atom stereocenters. The number of hydrogen-bond acceptors (Lipinski definition) is 3. The molecule has 0 aliphatic heterocycles. The van der Waals surface area contributed by atoms with Crippen LogP contribution in [0.25, 0.3) is 0 Å². The van der Waals surface area contributed by atoms with Gasteiger partial charge in [-0.2, -0.15) is 0 Å². The van der Waals surface area contributed by atoms with Gasteiger partial charge in [-0.05, 0) is 13.0 Å². The van der Waals surface area contributed by atoms with Crippen LogP contribution in [0.5, 0.6) is 11.5 Å². The zero-order valence-corrected chi connectivity index (χ0v) is 11.3. The van der Waals surface area contributed by atoms with E-state index in [4.69, 9.17) is 4.74 Å². The maximum Gasteiger partial charge on any atom is 0.162 e. The van der Waals surface area contributed by atoms with E-state index in [0.29, 0.717) is 24.3 Å². The van der Waals surface area contributed by atoms with Crippen molar-refractivity contribution in [2.75, 3.05) is 11.9 Å². The van der Waals surface area contributed by atoms with Crippen LogP contribution >= 0.6 is 0 Å². The molecular formula is C15H14F3NO2. The molecule has 6 heteroatoms. The molecule has 0 aromatic heterocycles. The fourth-order valence-electron chi connectivity index (χ4n) is 1.88. The molecule has 0 aliphatic carbocycles. The van der Waals surface area contributed by atoms with Crippen molar-refractivity contribution in [1.82, 2.24) is 0 Å². The highest BCUT2D eigenvalue weighted by Crippen LogP contribution is 2.30. The molecule has 0 saturated carbocycles. The summed E-state index contributed by atoms with van der Waals surface area (Å²) in [6.45, 7) is 2.12. The molecule has 0 atom stereocenters. The van der Waals surface area contributed by atoms with Crippen LogP contribution in [-0.4, -0.2) is 11.7 Å². The minimum absolute atomic E-state index is 0.0355. The van der Waals surface area contributed by atoms with Crippen LogP contribution in [0.15, 0.2) is 30.3 Å². The Morgan fingerprint density at radius 2 is 1.81 bits per heavy atom. The van der Waals surface area contributed by atoms with Crippen molar-refractivity contribution in [3.05, 3.63) is 53.3 Å². The number of anilines is 1. The van der Waals surface area contributed by atoms with Gasteiger partial charge in [0.25, 0.3) is 0 Å². The Labute approximate surface area is 120 Å². The summed E-state index contributed by atoms with van der Waals surface area (Å²) in [6.07, 6.45) is 0. The predicted molar refractivity (Wildman–Crippen MR) is 72.9 cm³/mol. The van der Waals surface area contributed by atoms with Crippen molar-refractivity contribution in [1.29, 1.82) is 0 Å². The van der Waals surface area contributed by atoms with Crippen molar-refractivity contribution >= 4 is 5.69 Å². The molecule has 0 radical (unpaired) electrons. The molecule has 2 aromatic carbocycles. The van der Waals surface area contributed by atoms with Gasteiger partial charge in [0.1, 0.15) is 11.5 Å². The van der Waals surface area contributed by atoms with E-state index in [0.717, 1.165) is 0 Å². The zero-order valence-electron chi connectivity index (χ0n) is 11.3. The molecule has 3 nitrogen and oxygen atoms in total. The fraction of sp³-hybridized carbons (Fsp3) is 0.200. The van der Waals surface area contributed by atoms with Crippen LogP contribution in [0.4, 0.5) is 18.9 Å². The van der Waals surface area contributed by atoms with Gasteiger partial charge >= 0.3 is 0 Å². The lowest BCUT2D eigenvalue weighted by Crippen LogP contribution is -2.05. The Morgan fingerprint density at radius 3 is 2.43 bits per heavy atom. The highest BCUT2D eigenvalue weighted by Gasteiger charge is 2.13. The lowest BCUT2D eigenvalue weighted by molar-refractivity contribution is 0.317. The Hall–Kier alpha value is -2.37. The summed E-state index contributed by atoms with van der Waals surface area (Å²) in [5.41, 5.74) is -0.0401. The van der Waals surface area contributed by atoms with Gasteiger partial charge in [0.2, 0.25) is 0 Å². The number of phenolic OH excluding ortho intramolecular Hbond substituents is 1. The number of nitrogens with one attached hydrogen (secondary N) is 1. The summed E-state index contributed by atoms with van der Waals surface area (Å²) in [6, 6.07) is 5.99. The van der Waals surface area contributed by atoms with Gasteiger partial charge < -0.3 is 15.2 Å². The molecule has 0 amide bonds. The van der Waals surface area contributed by atoms with Crippen LogP contribution in [-0.2, 0) is 6.54 Å². The first-order valence-electron chi connectivity index (χ1n) is 6.35. The summed E-state index contributed by atoms with van der Waals surface area (Å²) < 4.78 is 45.0. The maximum absolute atomic E-state index is 13.5. The molecule has 2 rings (SSSR count). The molecule has 21 heavy (non-hydrogen) atoms. The van der Waals surface area contributed by atoms with Crippen molar-refractivity contribution in [3.8, 4) is 11.5 Å². The SMILES string of the molecule is CCOc1cccc(CNc2c(F)cc(F)cc2F)c1O. The lowest BCUT2D eigenvalue weighted by Gasteiger charge is -2.12. The predicted octanol–water partition coefficient (Wildman–Crippen LogP) is 3.82. The largest absolute Gasteiger partial charge is 0.504 e. The van der Waals surface area contributed by atoms with Gasteiger partial charge in [0, 0.05) is 24.2 Å². The Bertz CT molecular complexity index is 624. The summed E-state index contributed by atoms with van der Waals surface area (Å²) in [4.78, 5) is 0. The van der Waals surface area contributed by atoms with Gasteiger partial charge in [-0.1, -0.05) is 12.1 Å². The first-order valence-corrected chi connectivity index (χ1v) is 6.35. The van der Waals surface area contributed by atoms with E-state index in [1.54, 1.807) is 25.1 Å². The Morgan fingerprint density at radius 1 is 1.14 bits per heavy atom. The number of halogens is 3. The number of rotatable bonds is 5. The normalized spacial score (nSPS) is 10.5. The Balaban J connectivity index is 2.19. The number of aromatic hydroxyl groups is 1. The topological polar surface area (TPSA) is 41.5 Å². The molecule has 0 fully saturated rings. The second-order valence-electron chi connectivity index (χ2n) is 4.29. The van der Waals surface area contributed by atoms with Gasteiger partial charge in [-0.25, -0.2) is 13.2 Å². The number of benzene rings is 2. The molecular weight excluding hydrogens is 283 g/mol. The Kier molecular flexibility index (Phi) is 4.57. The molecule has 2 aromatic rings. The van der Waals surface area contributed by atoms with Crippen molar-refractivity contribution in [3.63, 3.8) is 0 Å². The fourth-order valence-corrected chi connectivity index (χ4v) is 1.88. The summed E-state index contributed by atoms with van der Waals surface area (Å²) in [5.74, 6) is -2.87. The number of ether oxygens (including phenoxy) is 1. The van der Waals surface area contributed by atoms with E-state index in [-0.39, 0.29) is 18.0 Å². The van der Waals surface area contributed by atoms with E-state index in [2.05, 4.69) is 5.32 Å². The summed E-state index contributed by atoms with van der Waals surface area (Å²) in [5, 5.41) is 12.5. The monoisotopic (exact) mass is 297 g/mol. The molecule has 0 saturated heterocycles. The second kappa shape index (κ2) is 6.39. The van der Waals surface area contributed by atoms with E-state index >= 15 is 0 Å². The van der Waals surface area contributed by atoms with Gasteiger partial charge in [-0.3, -0.25) is 0 Å². The van der Waals surface area contributed by atoms with E-state index in [9.17, 15) is 18.3 Å². The quantitative estimate of drug-likeness (QED) is 0.881. The third kappa shape index (κ3) is 3.39. The van der Waals surface area contributed by atoms with Crippen LogP contribution < -0.4 is 10.1 Å². The van der Waals surface area contributed by atoms with Crippen LogP contribution in [0, 0.1) is 17.5 Å². The molecule has 112 valence electrons. The van der Waals surface area contributed by atoms with Gasteiger partial charge in [-0.15, -0.1) is 0 Å². The average Bonchev–Trinajstić information content (AvgIpc) is 2.41. The van der Waals surface area contributed by atoms with Crippen LogP contribution in [0.1, 0.15) is 12.5 Å². The second-order valence-corrected chi connectivity index (χ2v) is 4.29. The molecule has 0 heterocycles. The van der Waals surface area contributed by atoms with Crippen LogP contribution in [0.2, 0.25) is 0 Å². The first kappa shape index (κ1) is 15.0. The van der Waals surface area contributed by atoms with E-state index in [1.807, 2.05) is 0 Å². The zero-order chi connectivity index (χ0) is 15.4. The molecule has 0 spiro atoms. The summed E-state index contributed by atoms with van der Waals surface area (Å²) >= 11 is 0. The number of hydrogen-bond donors (Lipinski definition) is 2. The standard InChI is InChI=1S/C15H14F3NO2/c1-2-21-13-5-3-4-9(15(13)20)8-19-14-11(17)6-10(16)7-12(14)18/h3-7,19-20H,2,8H2,1H3. The van der Waals surface area contributed by atoms with Crippen molar-refractivity contribution < 1.29 is 23.0 Å². The van der Waals surface area contributed by atoms with Crippen molar-refractivity contribution in [2.45, 2.75) is 13.5 Å². The smallest absolute Gasteiger partial charge is 0.162 e. The summed E-state index contributed by atoms with van der Waals surface area (Å²) in [7, 11) is 0. The molecule has 2 N–H and O–H groups in total. The molecule has 0 bridgehead atoms. The molecule has 0 aliphatic rings. The van der Waals surface area contributed by atoms with E-state index < -0.39 is 23.1 Å². The van der Waals surface area contributed by atoms with Crippen molar-refractivity contribution in [2.24, 2.45) is 0 Å². The highest BCUT2D eigenvalue weighted by molar-refractivity contribution is 5.50. The third-order valence-corrected chi connectivity index (χ3v) is 2.84. The van der Waals surface area contributed by atoms with Crippen LogP contribution in [0.3, 0.4) is 0 Å². The maximum atomic E-state index is 13.5. The minimum Gasteiger partial charge on any atom is -0.504 e. The van der Waals surface area contributed by atoms with Gasteiger partial charge in [0.15, 0.2) is 23.1 Å². The number of para-hydroxylation sites is 1. The van der Waals surface area contributed by atoms with Gasteiger partial charge in [0.05, 0.1) is 6.61 Å². The third-order valence-electron chi connectivity index (χ3n) is 2.84. The average molecular weight is 297 g/mol. The minimum atomic E-state index is -1.03. The number of phenols is 1. The highest BCUT2D eigenvalue weighted by atomic mass is 19.1. The first-order chi connectivity index (χ1) is 10.0.